The van der Waals surface area contributed by atoms with Crippen LogP contribution in [-0.4, -0.2) is 16.1 Å². The van der Waals surface area contributed by atoms with E-state index in [1.54, 1.807) is 18.0 Å². The van der Waals surface area contributed by atoms with Gasteiger partial charge in [0.1, 0.15) is 0 Å². The van der Waals surface area contributed by atoms with E-state index in [-0.39, 0.29) is 11.2 Å². The molecular weight excluding hydrogens is 268 g/mol. The Kier molecular flexibility index (Phi) is 5.18. The number of aryl methyl sites for hydroxylation is 1. The zero-order valence-corrected chi connectivity index (χ0v) is 12.5. The summed E-state index contributed by atoms with van der Waals surface area (Å²) in [4.78, 5) is 17.3. The van der Waals surface area contributed by atoms with Crippen LogP contribution in [0.4, 0.5) is 0 Å². The van der Waals surface area contributed by atoms with Gasteiger partial charge in [-0.05, 0) is 38.1 Å². The fourth-order valence-corrected chi connectivity index (χ4v) is 2.59. The van der Waals surface area contributed by atoms with Crippen molar-refractivity contribution >= 4 is 17.7 Å². The quantitative estimate of drug-likeness (QED) is 0.858. The summed E-state index contributed by atoms with van der Waals surface area (Å²) in [7, 11) is 0. The number of pyridine rings is 1. The van der Waals surface area contributed by atoms with E-state index in [4.69, 9.17) is 0 Å². The van der Waals surface area contributed by atoms with Crippen molar-refractivity contribution < 1.29 is 4.79 Å². The number of hydrogen-bond acceptors (Lipinski definition) is 3. The van der Waals surface area contributed by atoms with Crippen molar-refractivity contribution in [3.05, 3.63) is 59.9 Å². The smallest absolute Gasteiger partial charge is 0.233 e. The van der Waals surface area contributed by atoms with Gasteiger partial charge in [-0.25, -0.2) is 0 Å². The van der Waals surface area contributed by atoms with Crippen LogP contribution in [0, 0.1) is 6.92 Å². The molecule has 3 nitrogen and oxygen atoms in total. The zero-order chi connectivity index (χ0) is 14.4. The van der Waals surface area contributed by atoms with E-state index in [1.165, 1.54) is 5.56 Å². The van der Waals surface area contributed by atoms with E-state index >= 15 is 0 Å². The molecule has 0 aliphatic heterocycles. The highest BCUT2D eigenvalue weighted by Crippen LogP contribution is 2.23. The highest BCUT2D eigenvalue weighted by atomic mass is 32.2. The summed E-state index contributed by atoms with van der Waals surface area (Å²) >= 11 is 1.56. The molecule has 104 valence electrons. The Hall–Kier alpha value is -1.81. The summed E-state index contributed by atoms with van der Waals surface area (Å²) in [5, 5.41) is 2.78. The first-order valence-electron chi connectivity index (χ1n) is 6.56. The number of rotatable bonds is 5. The van der Waals surface area contributed by atoms with Crippen molar-refractivity contribution in [1.82, 2.24) is 10.3 Å². The van der Waals surface area contributed by atoms with E-state index in [0.29, 0.717) is 6.54 Å². The van der Waals surface area contributed by atoms with Gasteiger partial charge in [-0.15, -0.1) is 11.8 Å². The summed E-state index contributed by atoms with van der Waals surface area (Å²) in [6.45, 7) is 4.44. The molecule has 0 bridgehead atoms. The molecule has 1 heterocycles. The topological polar surface area (TPSA) is 42.0 Å². The van der Waals surface area contributed by atoms with Crippen LogP contribution in [0.15, 0.2) is 53.6 Å². The highest BCUT2D eigenvalue weighted by molar-refractivity contribution is 8.00. The van der Waals surface area contributed by atoms with Gasteiger partial charge in [0.25, 0.3) is 0 Å². The number of thioether (sulfide) groups is 1. The molecule has 1 aromatic carbocycles. The molecule has 4 heteroatoms. The monoisotopic (exact) mass is 286 g/mol. The number of amides is 1. The zero-order valence-electron chi connectivity index (χ0n) is 11.7. The predicted molar refractivity (Wildman–Crippen MR) is 82.6 cm³/mol. The van der Waals surface area contributed by atoms with Gasteiger partial charge in [-0.2, -0.15) is 0 Å². The average molecular weight is 286 g/mol. The lowest BCUT2D eigenvalue weighted by atomic mass is 10.2. The number of benzene rings is 1. The van der Waals surface area contributed by atoms with Gasteiger partial charge in [0, 0.05) is 11.1 Å². The standard InChI is InChI=1S/C16H18N2OS/c1-12-6-8-15(9-7-12)20-13(2)16(19)18-11-14-5-3-4-10-17-14/h3-10,13H,11H2,1-2H3,(H,18,19)/t13-/m0/s1. The molecule has 2 rings (SSSR count). The van der Waals surface area contributed by atoms with Crippen molar-refractivity contribution in [2.45, 2.75) is 30.5 Å². The largest absolute Gasteiger partial charge is 0.349 e. The van der Waals surface area contributed by atoms with Crippen LogP contribution in [0.5, 0.6) is 0 Å². The minimum absolute atomic E-state index is 0.0289. The van der Waals surface area contributed by atoms with Crippen molar-refractivity contribution in [3.63, 3.8) is 0 Å². The minimum atomic E-state index is -0.124. The number of nitrogens with one attached hydrogen (secondary N) is 1. The number of carbonyl (C=O) groups is 1. The lowest BCUT2D eigenvalue weighted by molar-refractivity contribution is -0.120. The first kappa shape index (κ1) is 14.6. The summed E-state index contributed by atoms with van der Waals surface area (Å²) in [5.41, 5.74) is 2.09. The van der Waals surface area contributed by atoms with Gasteiger partial charge < -0.3 is 5.32 Å². The van der Waals surface area contributed by atoms with Gasteiger partial charge in [0.05, 0.1) is 17.5 Å². The van der Waals surface area contributed by atoms with Crippen molar-refractivity contribution in [2.24, 2.45) is 0 Å². The third kappa shape index (κ3) is 4.38. The van der Waals surface area contributed by atoms with E-state index in [2.05, 4.69) is 29.4 Å². The van der Waals surface area contributed by atoms with Gasteiger partial charge >= 0.3 is 0 Å². The van der Waals surface area contributed by atoms with E-state index < -0.39 is 0 Å². The van der Waals surface area contributed by atoms with Crippen LogP contribution >= 0.6 is 11.8 Å². The fourth-order valence-electron chi connectivity index (χ4n) is 1.70. The number of hydrogen-bond donors (Lipinski definition) is 1. The fraction of sp³-hybridized carbons (Fsp3) is 0.250. The van der Waals surface area contributed by atoms with Crippen LogP contribution in [0.1, 0.15) is 18.2 Å². The van der Waals surface area contributed by atoms with Crippen LogP contribution < -0.4 is 5.32 Å². The maximum atomic E-state index is 12.0. The second-order valence-electron chi connectivity index (χ2n) is 4.61. The third-order valence-corrected chi connectivity index (χ3v) is 3.98. The summed E-state index contributed by atoms with van der Waals surface area (Å²) in [5.74, 6) is 0.0289. The molecule has 0 aliphatic carbocycles. The molecule has 1 N–H and O–H groups in total. The Morgan fingerprint density at radius 3 is 2.65 bits per heavy atom. The molecule has 2 aromatic rings. The maximum Gasteiger partial charge on any atom is 0.233 e. The molecule has 0 spiro atoms. The molecule has 1 amide bonds. The van der Waals surface area contributed by atoms with E-state index in [1.807, 2.05) is 37.3 Å². The second-order valence-corrected chi connectivity index (χ2v) is 6.03. The van der Waals surface area contributed by atoms with E-state index in [0.717, 1.165) is 10.6 Å². The Morgan fingerprint density at radius 1 is 1.25 bits per heavy atom. The Morgan fingerprint density at radius 2 is 2.00 bits per heavy atom. The SMILES string of the molecule is Cc1ccc(S[C@@H](C)C(=O)NCc2ccccn2)cc1. The predicted octanol–water partition coefficient (Wildman–Crippen LogP) is 3.19. The normalized spacial score (nSPS) is 11.9. The Balaban J connectivity index is 1.84. The molecule has 1 atom stereocenters. The molecule has 0 saturated heterocycles. The average Bonchev–Trinajstić information content (AvgIpc) is 2.48. The molecule has 20 heavy (non-hydrogen) atoms. The lowest BCUT2D eigenvalue weighted by Crippen LogP contribution is -2.30. The van der Waals surface area contributed by atoms with Crippen LogP contribution in [0.2, 0.25) is 0 Å². The summed E-state index contributed by atoms with van der Waals surface area (Å²) < 4.78 is 0. The molecule has 0 radical (unpaired) electrons. The third-order valence-electron chi connectivity index (χ3n) is 2.87. The molecule has 0 unspecified atom stereocenters. The first-order valence-corrected chi connectivity index (χ1v) is 7.44. The molecular formula is C16H18N2OS. The minimum Gasteiger partial charge on any atom is -0.349 e. The Bertz CT molecular complexity index is 554. The van der Waals surface area contributed by atoms with Crippen molar-refractivity contribution in [1.29, 1.82) is 0 Å². The number of aromatic nitrogens is 1. The van der Waals surface area contributed by atoms with Gasteiger partial charge in [-0.3, -0.25) is 9.78 Å². The second kappa shape index (κ2) is 7.10. The summed E-state index contributed by atoms with van der Waals surface area (Å²) in [6.07, 6.45) is 1.73. The maximum absolute atomic E-state index is 12.0. The van der Waals surface area contributed by atoms with Crippen molar-refractivity contribution in [3.8, 4) is 0 Å². The van der Waals surface area contributed by atoms with Gasteiger partial charge in [-0.1, -0.05) is 23.8 Å². The summed E-state index contributed by atoms with van der Waals surface area (Å²) in [6, 6.07) is 13.9. The molecule has 0 aliphatic rings. The van der Waals surface area contributed by atoms with Crippen LogP contribution in [-0.2, 0) is 11.3 Å². The number of carbonyl (C=O) groups excluding carboxylic acids is 1. The van der Waals surface area contributed by atoms with Gasteiger partial charge in [0.15, 0.2) is 0 Å². The van der Waals surface area contributed by atoms with E-state index in [9.17, 15) is 4.79 Å². The van der Waals surface area contributed by atoms with Crippen LogP contribution in [0.3, 0.4) is 0 Å². The highest BCUT2D eigenvalue weighted by Gasteiger charge is 2.13. The lowest BCUT2D eigenvalue weighted by Gasteiger charge is -2.12. The van der Waals surface area contributed by atoms with Gasteiger partial charge in [0.2, 0.25) is 5.91 Å². The molecule has 0 fully saturated rings. The van der Waals surface area contributed by atoms with Crippen molar-refractivity contribution in [2.75, 3.05) is 0 Å². The van der Waals surface area contributed by atoms with Crippen LogP contribution in [0.25, 0.3) is 0 Å². The first-order chi connectivity index (χ1) is 9.65. The number of nitrogens with zero attached hydrogens (tertiary/aromatic N) is 1. The molecule has 1 aromatic heterocycles. The molecule has 0 saturated carbocycles. The Labute approximate surface area is 123 Å².